The van der Waals surface area contributed by atoms with Crippen molar-refractivity contribution in [3.8, 4) is 5.69 Å². The third-order valence-corrected chi connectivity index (χ3v) is 5.85. The molecule has 30 heavy (non-hydrogen) atoms. The van der Waals surface area contributed by atoms with Crippen LogP contribution in [0, 0.1) is 5.82 Å². The van der Waals surface area contributed by atoms with Gasteiger partial charge in [0.15, 0.2) is 5.82 Å². The monoisotopic (exact) mass is 451 g/mol. The Bertz CT molecular complexity index is 1130. The quantitative estimate of drug-likeness (QED) is 0.547. The van der Waals surface area contributed by atoms with Gasteiger partial charge in [0.25, 0.3) is 0 Å². The highest BCUT2D eigenvalue weighted by atomic mass is 35.5. The van der Waals surface area contributed by atoms with Gasteiger partial charge in [-0.3, -0.25) is 0 Å². The number of hydrogen-bond donors (Lipinski definition) is 2. The minimum absolute atomic E-state index is 0.0913. The first-order chi connectivity index (χ1) is 14.2. The first-order valence-electron chi connectivity index (χ1n) is 9.42. The molecule has 2 aromatic carbocycles. The van der Waals surface area contributed by atoms with Crippen LogP contribution in [0.4, 0.5) is 4.39 Å². The van der Waals surface area contributed by atoms with Crippen molar-refractivity contribution in [2.24, 2.45) is 5.14 Å². The molecule has 1 aromatic heterocycles. The first kappa shape index (κ1) is 22.4. The maximum Gasteiger partial charge on any atom is 0.238 e. The number of rotatable bonds is 8. The fourth-order valence-corrected chi connectivity index (χ4v) is 3.46. The highest BCUT2D eigenvalue weighted by Crippen LogP contribution is 2.21. The number of nitrogens with two attached hydrogens (primary N) is 1. The highest BCUT2D eigenvalue weighted by Gasteiger charge is 2.18. The fraction of sp³-hybridized carbons (Fsp3) is 0.300. The van der Waals surface area contributed by atoms with Crippen LogP contribution in [0.5, 0.6) is 0 Å². The van der Waals surface area contributed by atoms with Gasteiger partial charge in [-0.25, -0.2) is 27.6 Å². The molecule has 0 bridgehead atoms. The van der Waals surface area contributed by atoms with E-state index in [0.717, 1.165) is 18.1 Å². The van der Waals surface area contributed by atoms with Crippen molar-refractivity contribution in [3.05, 3.63) is 70.5 Å². The highest BCUT2D eigenvalue weighted by molar-refractivity contribution is 7.89. The van der Waals surface area contributed by atoms with Crippen molar-refractivity contribution in [1.29, 1.82) is 0 Å². The lowest BCUT2D eigenvalue weighted by atomic mass is 10.1. The number of aromatic nitrogens is 3. The van der Waals surface area contributed by atoms with E-state index in [1.807, 2.05) is 12.1 Å². The normalized spacial score (nSPS) is 12.8. The average Bonchev–Trinajstić information content (AvgIpc) is 3.09. The van der Waals surface area contributed by atoms with Crippen molar-refractivity contribution >= 4 is 21.6 Å². The van der Waals surface area contributed by atoms with Gasteiger partial charge in [-0.2, -0.15) is 0 Å². The van der Waals surface area contributed by atoms with Gasteiger partial charge in [0.2, 0.25) is 10.0 Å². The Labute approximate surface area is 180 Å². The molecule has 3 rings (SSSR count). The summed E-state index contributed by atoms with van der Waals surface area (Å²) in [6, 6.07) is 11.0. The molecular formula is C20H23ClFN5O2S. The van der Waals surface area contributed by atoms with E-state index in [9.17, 15) is 12.8 Å². The summed E-state index contributed by atoms with van der Waals surface area (Å²) < 4.78 is 39.2. The molecule has 7 nitrogen and oxygen atoms in total. The molecular weight excluding hydrogens is 429 g/mol. The van der Waals surface area contributed by atoms with Gasteiger partial charge < -0.3 is 5.32 Å². The van der Waals surface area contributed by atoms with E-state index < -0.39 is 15.8 Å². The molecule has 0 amide bonds. The second kappa shape index (κ2) is 9.22. The second-order valence-corrected chi connectivity index (χ2v) is 9.01. The predicted octanol–water partition coefficient (Wildman–Crippen LogP) is 3.19. The average molecular weight is 452 g/mol. The van der Waals surface area contributed by atoms with E-state index in [1.54, 1.807) is 12.1 Å². The van der Waals surface area contributed by atoms with Gasteiger partial charge in [0.1, 0.15) is 17.3 Å². The van der Waals surface area contributed by atoms with Crippen molar-refractivity contribution in [2.45, 2.75) is 44.2 Å². The topological polar surface area (TPSA) is 103 Å². The molecule has 10 heteroatoms. The summed E-state index contributed by atoms with van der Waals surface area (Å²) in [5.74, 6) is 0.264. The van der Waals surface area contributed by atoms with E-state index in [2.05, 4.69) is 29.2 Å². The standard InChI is InChI=1S/C20H23ClFN5O2S/c1-3-13(2)24-12-19-25-20(10-14-4-6-15(21)7-5-14)27(26-19)18-9-8-16(11-17(18)22)30(23,28)29/h4-9,11,13,24H,3,10,12H2,1-2H3,(H2,23,28,29). The molecule has 3 aromatic rings. The van der Waals surface area contributed by atoms with Crippen molar-refractivity contribution in [1.82, 2.24) is 20.1 Å². The Morgan fingerprint density at radius 1 is 1.23 bits per heavy atom. The van der Waals surface area contributed by atoms with E-state index in [1.165, 1.54) is 16.8 Å². The molecule has 3 N–H and O–H groups in total. The zero-order chi connectivity index (χ0) is 21.9. The summed E-state index contributed by atoms with van der Waals surface area (Å²) in [6.45, 7) is 4.54. The lowest BCUT2D eigenvalue weighted by Crippen LogP contribution is -2.25. The van der Waals surface area contributed by atoms with Crippen LogP contribution < -0.4 is 10.5 Å². The number of hydrogen-bond acceptors (Lipinski definition) is 5. The van der Waals surface area contributed by atoms with Crippen LogP contribution in [0.25, 0.3) is 5.69 Å². The molecule has 0 radical (unpaired) electrons. The number of halogens is 2. The van der Waals surface area contributed by atoms with Crippen LogP contribution in [0.2, 0.25) is 5.02 Å². The fourth-order valence-electron chi connectivity index (χ4n) is 2.81. The lowest BCUT2D eigenvalue weighted by molar-refractivity contribution is 0.522. The molecule has 160 valence electrons. The number of nitrogens with zero attached hydrogens (tertiary/aromatic N) is 3. The molecule has 0 saturated carbocycles. The minimum atomic E-state index is -4.01. The Hall–Kier alpha value is -2.33. The molecule has 0 aliphatic heterocycles. The Kier molecular flexibility index (Phi) is 6.87. The van der Waals surface area contributed by atoms with Crippen molar-refractivity contribution < 1.29 is 12.8 Å². The van der Waals surface area contributed by atoms with Crippen LogP contribution in [0.15, 0.2) is 47.4 Å². The maximum atomic E-state index is 14.8. The molecule has 0 fully saturated rings. The summed E-state index contributed by atoms with van der Waals surface area (Å²) >= 11 is 5.95. The number of primary sulfonamides is 1. The van der Waals surface area contributed by atoms with E-state index in [4.69, 9.17) is 16.7 Å². The first-order valence-corrected chi connectivity index (χ1v) is 11.3. The number of benzene rings is 2. The SMILES string of the molecule is CCC(C)NCc1nc(Cc2ccc(Cl)cc2)n(-c2ccc(S(N)(=O)=O)cc2F)n1. The van der Waals surface area contributed by atoms with Gasteiger partial charge in [0.05, 0.1) is 11.4 Å². The number of sulfonamides is 1. The molecule has 1 atom stereocenters. The van der Waals surface area contributed by atoms with Gasteiger partial charge in [-0.05, 0) is 49.2 Å². The van der Waals surface area contributed by atoms with Crippen LogP contribution >= 0.6 is 11.6 Å². The van der Waals surface area contributed by atoms with Gasteiger partial charge >= 0.3 is 0 Å². The molecule has 0 aliphatic rings. The Morgan fingerprint density at radius 2 is 1.93 bits per heavy atom. The number of nitrogens with one attached hydrogen (secondary N) is 1. The van der Waals surface area contributed by atoms with Crippen LogP contribution in [0.1, 0.15) is 37.5 Å². The molecule has 1 heterocycles. The Balaban J connectivity index is 2.00. The zero-order valence-corrected chi connectivity index (χ0v) is 18.2. The molecule has 0 aliphatic carbocycles. The van der Waals surface area contributed by atoms with Gasteiger partial charge in [0, 0.05) is 17.5 Å². The molecule has 1 unspecified atom stereocenters. The third kappa shape index (κ3) is 5.42. The van der Waals surface area contributed by atoms with E-state index >= 15 is 0 Å². The van der Waals surface area contributed by atoms with E-state index in [0.29, 0.717) is 29.6 Å². The summed E-state index contributed by atoms with van der Waals surface area (Å²) in [5, 5.41) is 13.5. The van der Waals surface area contributed by atoms with Crippen molar-refractivity contribution in [3.63, 3.8) is 0 Å². The summed E-state index contributed by atoms with van der Waals surface area (Å²) in [4.78, 5) is 4.27. The second-order valence-electron chi connectivity index (χ2n) is 7.01. The molecule has 0 saturated heterocycles. The van der Waals surface area contributed by atoms with E-state index in [-0.39, 0.29) is 16.6 Å². The maximum absolute atomic E-state index is 14.8. The predicted molar refractivity (Wildman–Crippen MR) is 114 cm³/mol. The zero-order valence-electron chi connectivity index (χ0n) is 16.6. The largest absolute Gasteiger partial charge is 0.307 e. The summed E-state index contributed by atoms with van der Waals surface area (Å²) in [7, 11) is -4.01. The van der Waals surface area contributed by atoms with Crippen molar-refractivity contribution in [2.75, 3.05) is 0 Å². The minimum Gasteiger partial charge on any atom is -0.307 e. The van der Waals surface area contributed by atoms with Gasteiger partial charge in [-0.1, -0.05) is 30.7 Å². The van der Waals surface area contributed by atoms with Gasteiger partial charge in [-0.15, -0.1) is 5.10 Å². The van der Waals surface area contributed by atoms with Crippen LogP contribution in [-0.4, -0.2) is 29.2 Å². The smallest absolute Gasteiger partial charge is 0.238 e. The lowest BCUT2D eigenvalue weighted by Gasteiger charge is -2.09. The molecule has 0 spiro atoms. The van der Waals surface area contributed by atoms with Crippen LogP contribution in [-0.2, 0) is 23.0 Å². The Morgan fingerprint density at radius 3 is 2.53 bits per heavy atom. The third-order valence-electron chi connectivity index (χ3n) is 4.69. The summed E-state index contributed by atoms with van der Waals surface area (Å²) in [6.07, 6.45) is 1.34. The summed E-state index contributed by atoms with van der Waals surface area (Å²) in [5.41, 5.74) is 1.02. The van der Waals surface area contributed by atoms with Crippen LogP contribution in [0.3, 0.4) is 0 Å².